The molecule has 1 saturated heterocycles. The van der Waals surface area contributed by atoms with Gasteiger partial charge in [0.05, 0.1) is 5.69 Å². The Morgan fingerprint density at radius 3 is 2.74 bits per heavy atom. The minimum absolute atomic E-state index is 0.0324. The van der Waals surface area contributed by atoms with Crippen molar-refractivity contribution >= 4 is 45.1 Å². The molecular formula is C24H23BrF2N4O2S. The standard InChI is InChI=1S/C24H23BrF2N4O2S/c1-3-19(32)29-6-7-30(13(2)12-29)23-16-11-17(25)20(15-5-4-14(26)10-18(15)27)22-21(16)31(8-9-34-22)24(33)28-23/h3-5,10-11,13,24,33H,1,6-9,12H2,2H3/t13-,24?/m0/s1. The third-order valence-electron chi connectivity index (χ3n) is 6.42. The third-order valence-corrected chi connectivity index (χ3v) is 8.11. The number of rotatable bonds is 2. The molecule has 6 nitrogen and oxygen atoms in total. The average Bonchev–Trinajstić information content (AvgIpc) is 2.81. The van der Waals surface area contributed by atoms with Crippen LogP contribution in [0.1, 0.15) is 12.5 Å². The van der Waals surface area contributed by atoms with Gasteiger partial charge in [-0.2, -0.15) is 0 Å². The normalized spacial score (nSPS) is 21.8. The molecule has 1 fully saturated rings. The minimum Gasteiger partial charge on any atom is -0.355 e. The zero-order chi connectivity index (χ0) is 24.1. The van der Waals surface area contributed by atoms with E-state index < -0.39 is 18.0 Å². The third kappa shape index (κ3) is 3.81. The first kappa shape index (κ1) is 23.3. The SMILES string of the molecule is C=CC(=O)N1CCN(C2=NC(O)N3CCSc4c(-c5ccc(F)cc5F)c(Br)cc2c43)[C@@H](C)C1. The van der Waals surface area contributed by atoms with E-state index in [0.717, 1.165) is 22.2 Å². The number of amidine groups is 1. The molecule has 178 valence electrons. The first-order valence-electron chi connectivity index (χ1n) is 11.0. The number of thioether (sulfide) groups is 1. The molecule has 1 amide bonds. The van der Waals surface area contributed by atoms with E-state index in [1.54, 1.807) is 16.7 Å². The average molecular weight is 549 g/mol. The maximum absolute atomic E-state index is 14.8. The summed E-state index contributed by atoms with van der Waals surface area (Å²) in [7, 11) is 0. The topological polar surface area (TPSA) is 59.4 Å². The molecule has 2 atom stereocenters. The number of amides is 1. The highest BCUT2D eigenvalue weighted by molar-refractivity contribution is 9.10. The summed E-state index contributed by atoms with van der Waals surface area (Å²) in [5.74, 6) is -0.0417. The van der Waals surface area contributed by atoms with Crippen LogP contribution in [0.25, 0.3) is 11.1 Å². The number of hydrogen-bond donors (Lipinski definition) is 1. The predicted octanol–water partition coefficient (Wildman–Crippen LogP) is 4.06. The van der Waals surface area contributed by atoms with E-state index in [0.29, 0.717) is 53.4 Å². The number of aliphatic hydroxyl groups excluding tert-OH is 1. The summed E-state index contributed by atoms with van der Waals surface area (Å²) < 4.78 is 29.1. The summed E-state index contributed by atoms with van der Waals surface area (Å²) in [6, 6.07) is 5.44. The zero-order valence-corrected chi connectivity index (χ0v) is 20.9. The number of nitrogens with zero attached hydrogens (tertiary/aromatic N) is 4. The molecule has 5 rings (SSSR count). The van der Waals surface area contributed by atoms with Crippen LogP contribution in [0.15, 0.2) is 51.3 Å². The number of aliphatic imine (C=N–C) groups is 1. The molecule has 34 heavy (non-hydrogen) atoms. The Balaban J connectivity index is 1.62. The lowest BCUT2D eigenvalue weighted by Gasteiger charge is -2.45. The number of carbonyl (C=O) groups is 1. The first-order chi connectivity index (χ1) is 16.3. The van der Waals surface area contributed by atoms with Crippen molar-refractivity contribution < 1.29 is 18.7 Å². The van der Waals surface area contributed by atoms with Gasteiger partial charge in [0.1, 0.15) is 17.5 Å². The molecule has 3 aliphatic heterocycles. The first-order valence-corrected chi connectivity index (χ1v) is 12.7. The Morgan fingerprint density at radius 2 is 2.03 bits per heavy atom. The van der Waals surface area contributed by atoms with Crippen molar-refractivity contribution in [2.75, 3.05) is 36.8 Å². The Morgan fingerprint density at radius 1 is 1.24 bits per heavy atom. The van der Waals surface area contributed by atoms with Gasteiger partial charge in [-0.3, -0.25) is 4.79 Å². The van der Waals surface area contributed by atoms with Gasteiger partial charge in [-0.15, -0.1) is 11.8 Å². The minimum atomic E-state index is -1.07. The van der Waals surface area contributed by atoms with E-state index in [-0.39, 0.29) is 11.9 Å². The van der Waals surface area contributed by atoms with Crippen LogP contribution in [0, 0.1) is 11.6 Å². The predicted molar refractivity (Wildman–Crippen MR) is 133 cm³/mol. The molecule has 2 aromatic rings. The molecule has 1 unspecified atom stereocenters. The maximum atomic E-state index is 14.8. The van der Waals surface area contributed by atoms with Crippen LogP contribution in [0.4, 0.5) is 14.5 Å². The van der Waals surface area contributed by atoms with E-state index in [1.807, 2.05) is 17.9 Å². The molecule has 10 heteroatoms. The summed E-state index contributed by atoms with van der Waals surface area (Å²) >= 11 is 5.21. The van der Waals surface area contributed by atoms with Gasteiger partial charge in [0.2, 0.25) is 12.3 Å². The van der Waals surface area contributed by atoms with Gasteiger partial charge in [0.25, 0.3) is 0 Å². The Bertz CT molecular complexity index is 1220. The van der Waals surface area contributed by atoms with Crippen LogP contribution in [-0.4, -0.2) is 71.0 Å². The van der Waals surface area contributed by atoms with Crippen LogP contribution < -0.4 is 4.90 Å². The summed E-state index contributed by atoms with van der Waals surface area (Å²) in [5.41, 5.74) is 2.56. The molecule has 3 heterocycles. The van der Waals surface area contributed by atoms with Crippen molar-refractivity contribution in [2.24, 2.45) is 4.99 Å². The van der Waals surface area contributed by atoms with Gasteiger partial charge in [-0.05, 0) is 31.2 Å². The fraction of sp³-hybridized carbons (Fsp3) is 0.333. The molecule has 0 aliphatic carbocycles. The van der Waals surface area contributed by atoms with Crippen molar-refractivity contribution in [1.29, 1.82) is 0 Å². The lowest BCUT2D eigenvalue weighted by Crippen LogP contribution is -2.57. The smallest absolute Gasteiger partial charge is 0.246 e. The molecule has 0 spiro atoms. The van der Waals surface area contributed by atoms with Gasteiger partial charge in [0, 0.05) is 70.1 Å². The molecule has 0 saturated carbocycles. The van der Waals surface area contributed by atoms with Crippen LogP contribution in [-0.2, 0) is 4.79 Å². The Hall–Kier alpha value is -2.43. The van der Waals surface area contributed by atoms with Crippen LogP contribution in [0.2, 0.25) is 0 Å². The number of benzene rings is 2. The maximum Gasteiger partial charge on any atom is 0.246 e. The highest BCUT2D eigenvalue weighted by Gasteiger charge is 2.38. The summed E-state index contributed by atoms with van der Waals surface area (Å²) in [4.78, 5) is 23.2. The van der Waals surface area contributed by atoms with E-state index in [1.165, 1.54) is 18.2 Å². The van der Waals surface area contributed by atoms with Crippen LogP contribution in [0.5, 0.6) is 0 Å². The number of aliphatic hydroxyl groups is 1. The second-order valence-corrected chi connectivity index (χ2v) is 10.4. The fourth-order valence-corrected chi connectivity index (χ4v) is 6.82. The largest absolute Gasteiger partial charge is 0.355 e. The summed E-state index contributed by atoms with van der Waals surface area (Å²) in [6.45, 7) is 7.77. The Kier molecular flexibility index (Phi) is 6.16. The molecule has 0 bridgehead atoms. The highest BCUT2D eigenvalue weighted by atomic mass is 79.9. The van der Waals surface area contributed by atoms with Gasteiger partial charge in [-0.25, -0.2) is 13.8 Å². The number of hydrogen-bond acceptors (Lipinski definition) is 6. The molecule has 2 aromatic carbocycles. The molecule has 0 aromatic heterocycles. The van der Waals surface area contributed by atoms with Crippen molar-refractivity contribution in [3.05, 3.63) is 58.6 Å². The number of halogens is 3. The van der Waals surface area contributed by atoms with Crippen molar-refractivity contribution in [1.82, 2.24) is 9.80 Å². The fourth-order valence-electron chi connectivity index (χ4n) is 4.82. The van der Waals surface area contributed by atoms with Gasteiger partial charge in [0.15, 0.2) is 0 Å². The van der Waals surface area contributed by atoms with E-state index in [4.69, 9.17) is 0 Å². The van der Waals surface area contributed by atoms with E-state index >= 15 is 0 Å². The second-order valence-electron chi connectivity index (χ2n) is 8.45. The number of anilines is 1. The van der Waals surface area contributed by atoms with Crippen molar-refractivity contribution in [3.8, 4) is 11.1 Å². The summed E-state index contributed by atoms with van der Waals surface area (Å²) in [5, 5.41) is 11.0. The number of piperazine rings is 1. The monoisotopic (exact) mass is 548 g/mol. The molecular weight excluding hydrogens is 526 g/mol. The van der Waals surface area contributed by atoms with Crippen LogP contribution >= 0.6 is 27.7 Å². The highest BCUT2D eigenvalue weighted by Crippen LogP contribution is 2.50. The lowest BCUT2D eigenvalue weighted by atomic mass is 9.98. The quantitative estimate of drug-likeness (QED) is 0.573. The van der Waals surface area contributed by atoms with E-state index in [9.17, 15) is 18.7 Å². The molecule has 0 radical (unpaired) electrons. The second kappa shape index (κ2) is 8.98. The van der Waals surface area contributed by atoms with Crippen LogP contribution in [0.3, 0.4) is 0 Å². The van der Waals surface area contributed by atoms with Crippen molar-refractivity contribution in [3.63, 3.8) is 0 Å². The number of carbonyl (C=O) groups excluding carboxylic acids is 1. The van der Waals surface area contributed by atoms with E-state index in [2.05, 4.69) is 32.4 Å². The zero-order valence-electron chi connectivity index (χ0n) is 18.5. The van der Waals surface area contributed by atoms with Gasteiger partial charge in [-0.1, -0.05) is 22.5 Å². The molecule has 1 N–H and O–H groups in total. The molecule has 3 aliphatic rings. The Labute approximate surface area is 209 Å². The summed E-state index contributed by atoms with van der Waals surface area (Å²) in [6.07, 6.45) is 0.245. The van der Waals surface area contributed by atoms with Crippen molar-refractivity contribution in [2.45, 2.75) is 24.2 Å². The van der Waals surface area contributed by atoms with Gasteiger partial charge >= 0.3 is 0 Å². The lowest BCUT2D eigenvalue weighted by molar-refractivity contribution is -0.128. The van der Waals surface area contributed by atoms with Gasteiger partial charge < -0.3 is 19.8 Å².